The zero-order chi connectivity index (χ0) is 39.3. The van der Waals surface area contributed by atoms with Crippen molar-refractivity contribution in [3.05, 3.63) is 105 Å². The van der Waals surface area contributed by atoms with Gasteiger partial charge in [0.15, 0.2) is 28.3 Å². The number of cyclic esters (lactones) is 1. The molecule has 56 heavy (non-hydrogen) atoms. The van der Waals surface area contributed by atoms with Gasteiger partial charge in [-0.2, -0.15) is 0 Å². The Balaban J connectivity index is 0.000000247. The number of nitrogens with zero attached hydrogens (tertiary/aromatic N) is 2. The lowest BCUT2D eigenvalue weighted by Crippen LogP contribution is -2.44. The average molecular weight is 763 g/mol. The van der Waals surface area contributed by atoms with E-state index in [1.54, 1.807) is 64.2 Å². The van der Waals surface area contributed by atoms with Crippen LogP contribution in [0.1, 0.15) is 41.6 Å². The Kier molecular flexibility index (Phi) is 9.30. The van der Waals surface area contributed by atoms with Crippen LogP contribution in [0.2, 0.25) is 0 Å². The van der Waals surface area contributed by atoms with Gasteiger partial charge in [-0.1, -0.05) is 6.92 Å². The van der Waals surface area contributed by atoms with Gasteiger partial charge >= 0.3 is 5.97 Å². The van der Waals surface area contributed by atoms with Crippen molar-refractivity contribution >= 4 is 38.8 Å². The number of esters is 1. The fourth-order valence-corrected chi connectivity index (χ4v) is 7.19. The van der Waals surface area contributed by atoms with Gasteiger partial charge in [0.2, 0.25) is 0 Å². The number of ether oxygens (including phenoxy) is 6. The largest absolute Gasteiger partial charge is 0.497 e. The molecular formula is C42H38N2O12. The molecule has 2 N–H and O–H groups in total. The van der Waals surface area contributed by atoms with Crippen LogP contribution < -0.4 is 29.2 Å². The monoisotopic (exact) mass is 762 g/mol. The number of fused-ring (bicyclic) bond motifs is 7. The fraction of sp³-hybridized carbons (Fsp3) is 0.262. The molecule has 0 aliphatic carbocycles. The predicted octanol–water partition coefficient (Wildman–Crippen LogP) is 6.36. The minimum atomic E-state index is -1.86. The third-order valence-electron chi connectivity index (χ3n) is 10.1. The van der Waals surface area contributed by atoms with Crippen LogP contribution >= 0.6 is 0 Å². The quantitative estimate of drug-likeness (QED) is 0.156. The first kappa shape index (κ1) is 36.5. The average Bonchev–Trinajstić information content (AvgIpc) is 3.95. The predicted molar refractivity (Wildman–Crippen MR) is 203 cm³/mol. The summed E-state index contributed by atoms with van der Waals surface area (Å²) in [6, 6.07) is 20.2. The molecule has 0 unspecified atom stereocenters. The number of methoxy groups -OCH3 is 4. The van der Waals surface area contributed by atoms with Gasteiger partial charge in [0.1, 0.15) is 48.6 Å². The summed E-state index contributed by atoms with van der Waals surface area (Å²) >= 11 is 0. The van der Waals surface area contributed by atoms with E-state index in [9.17, 15) is 14.7 Å². The number of rotatable bonds is 9. The Morgan fingerprint density at radius 3 is 2.05 bits per heavy atom. The van der Waals surface area contributed by atoms with E-state index in [-0.39, 0.29) is 31.8 Å². The molecule has 2 aliphatic heterocycles. The van der Waals surface area contributed by atoms with Gasteiger partial charge < -0.3 is 52.0 Å². The number of furan rings is 2. The van der Waals surface area contributed by atoms with Gasteiger partial charge in [-0.3, -0.25) is 4.79 Å². The molecule has 0 bridgehead atoms. The van der Waals surface area contributed by atoms with Crippen LogP contribution in [0.3, 0.4) is 0 Å². The second-order valence-corrected chi connectivity index (χ2v) is 13.3. The Hall–Kier alpha value is -6.51. The molecule has 288 valence electrons. The Labute approximate surface area is 319 Å². The number of hydrogen-bond acceptors (Lipinski definition) is 13. The van der Waals surface area contributed by atoms with Gasteiger partial charge in [-0.25, -0.2) is 9.78 Å². The second-order valence-electron chi connectivity index (χ2n) is 13.3. The van der Waals surface area contributed by atoms with E-state index in [4.69, 9.17) is 47.3 Å². The maximum absolute atomic E-state index is 13.4. The van der Waals surface area contributed by atoms with Crippen molar-refractivity contribution in [2.45, 2.75) is 45.3 Å². The van der Waals surface area contributed by atoms with Crippen LogP contribution in [-0.2, 0) is 41.5 Å². The summed E-state index contributed by atoms with van der Waals surface area (Å²) in [7, 11) is 6.33. The summed E-state index contributed by atoms with van der Waals surface area (Å²) < 4.78 is 45.3. The molecule has 14 nitrogen and oxygen atoms in total. The molecular weight excluding hydrogens is 724 g/mol. The standard InChI is InChI=1S/C31H26N2O8.C11H12O4/c1-4-31(36)23-12-25-27-18(13-33(25)29(34)22(23)15-40-30(31)35)7-16-8-19(5-6-24(16)32-27)39-14-21-10-17-9-20(37-2)11-26(38-3)28(17)41-21;1-13-8-3-7-4-9(6-12)15-11(7)10(5-8)14-2/h5-12,36H,4,13-15H2,1-3H3;3-5,12H,6H2,1-2H3/t31-;/m0./s1. The number of aliphatic hydroxyl groups excluding tert-OH is 1. The third kappa shape index (κ3) is 6.12. The molecule has 0 spiro atoms. The Bertz CT molecular complexity index is 2730. The fourth-order valence-electron chi connectivity index (χ4n) is 7.19. The lowest BCUT2D eigenvalue weighted by atomic mass is 9.86. The summed E-state index contributed by atoms with van der Waals surface area (Å²) in [6.45, 7) is 1.93. The highest BCUT2D eigenvalue weighted by atomic mass is 16.6. The lowest BCUT2D eigenvalue weighted by Gasteiger charge is -2.31. The first-order chi connectivity index (χ1) is 27.1. The van der Waals surface area contributed by atoms with Gasteiger partial charge in [-0.05, 0) is 61.0 Å². The van der Waals surface area contributed by atoms with Crippen molar-refractivity contribution < 1.29 is 52.3 Å². The highest BCUT2D eigenvalue weighted by Crippen LogP contribution is 2.40. The molecule has 2 aliphatic rings. The molecule has 0 radical (unpaired) electrons. The zero-order valence-corrected chi connectivity index (χ0v) is 31.3. The van der Waals surface area contributed by atoms with Crippen molar-refractivity contribution in [3.8, 4) is 40.1 Å². The molecule has 14 heteroatoms. The Morgan fingerprint density at radius 2 is 1.43 bits per heavy atom. The van der Waals surface area contributed by atoms with Crippen LogP contribution in [0.25, 0.3) is 44.2 Å². The van der Waals surface area contributed by atoms with Gasteiger partial charge in [0.05, 0.1) is 57.5 Å². The minimum Gasteiger partial charge on any atom is -0.497 e. The molecule has 3 aromatic carbocycles. The van der Waals surface area contributed by atoms with E-state index in [0.717, 1.165) is 27.2 Å². The number of carbonyl (C=O) groups excluding carboxylic acids is 1. The topological polar surface area (TPSA) is 174 Å². The maximum atomic E-state index is 13.4. The smallest absolute Gasteiger partial charge is 0.343 e. The van der Waals surface area contributed by atoms with E-state index in [2.05, 4.69) is 0 Å². The van der Waals surface area contributed by atoms with E-state index < -0.39 is 11.6 Å². The normalized spacial score (nSPS) is 15.4. The van der Waals surface area contributed by atoms with Crippen molar-refractivity contribution in [1.82, 2.24) is 9.55 Å². The van der Waals surface area contributed by atoms with E-state index in [1.165, 1.54) is 0 Å². The molecule has 4 aromatic heterocycles. The highest BCUT2D eigenvalue weighted by molar-refractivity contribution is 5.88. The molecule has 7 aromatic rings. The third-order valence-corrected chi connectivity index (χ3v) is 10.1. The molecule has 0 fully saturated rings. The van der Waals surface area contributed by atoms with Crippen molar-refractivity contribution in [2.24, 2.45) is 0 Å². The van der Waals surface area contributed by atoms with Crippen LogP contribution in [0, 0.1) is 0 Å². The minimum absolute atomic E-state index is 0.0955. The number of pyridine rings is 2. The summed E-state index contributed by atoms with van der Waals surface area (Å²) in [5.74, 6) is 3.59. The summed E-state index contributed by atoms with van der Waals surface area (Å²) in [4.78, 5) is 30.6. The maximum Gasteiger partial charge on any atom is 0.343 e. The van der Waals surface area contributed by atoms with Crippen molar-refractivity contribution in [3.63, 3.8) is 0 Å². The number of aliphatic hydroxyl groups is 2. The van der Waals surface area contributed by atoms with Crippen LogP contribution in [0.15, 0.2) is 80.4 Å². The van der Waals surface area contributed by atoms with Crippen molar-refractivity contribution in [2.75, 3.05) is 28.4 Å². The zero-order valence-electron chi connectivity index (χ0n) is 31.3. The lowest BCUT2D eigenvalue weighted by molar-refractivity contribution is -0.172. The van der Waals surface area contributed by atoms with Gasteiger partial charge in [-0.15, -0.1) is 0 Å². The van der Waals surface area contributed by atoms with E-state index in [0.29, 0.717) is 80.5 Å². The molecule has 0 amide bonds. The molecule has 1 atom stereocenters. The summed E-state index contributed by atoms with van der Waals surface area (Å²) in [5, 5.41) is 22.6. The van der Waals surface area contributed by atoms with Gasteiger partial charge in [0.25, 0.3) is 5.56 Å². The number of carbonyl (C=O) groups is 1. The van der Waals surface area contributed by atoms with Crippen LogP contribution in [0.5, 0.6) is 28.7 Å². The van der Waals surface area contributed by atoms with Gasteiger partial charge in [0, 0.05) is 39.4 Å². The highest BCUT2D eigenvalue weighted by Gasteiger charge is 2.45. The SMILES string of the molecule is CC[C@@]1(O)C(=O)OCc2c1cc1n(c2=O)Cc2cc3cc(OCc4cc5cc(OC)cc(OC)c5o4)ccc3nc2-1.COc1cc(OC)c2oc(CO)cc2c1. The molecule has 9 rings (SSSR count). The molecule has 0 saturated carbocycles. The summed E-state index contributed by atoms with van der Waals surface area (Å²) in [5.41, 5.74) is 2.51. The molecule has 0 saturated heterocycles. The first-order valence-electron chi connectivity index (χ1n) is 17.7. The Morgan fingerprint density at radius 1 is 0.786 bits per heavy atom. The number of benzene rings is 3. The first-order valence-corrected chi connectivity index (χ1v) is 17.7. The molecule has 6 heterocycles. The van der Waals surface area contributed by atoms with E-state index >= 15 is 0 Å². The van der Waals surface area contributed by atoms with E-state index in [1.807, 2.05) is 42.5 Å². The summed E-state index contributed by atoms with van der Waals surface area (Å²) in [6.07, 6.45) is 0.0955. The number of aromatic nitrogens is 2. The van der Waals surface area contributed by atoms with Crippen molar-refractivity contribution in [1.29, 1.82) is 0 Å². The number of hydrogen-bond donors (Lipinski definition) is 2. The van der Waals surface area contributed by atoms with Crippen LogP contribution in [0.4, 0.5) is 0 Å². The van der Waals surface area contributed by atoms with Crippen LogP contribution in [-0.4, -0.2) is 54.2 Å². The second kappa shape index (κ2) is 14.3.